The predicted octanol–water partition coefficient (Wildman–Crippen LogP) is 3.34. The Morgan fingerprint density at radius 2 is 2.19 bits per heavy atom. The molecule has 1 aromatic carbocycles. The third-order valence-electron chi connectivity index (χ3n) is 3.67. The summed E-state index contributed by atoms with van der Waals surface area (Å²) in [6.07, 6.45) is 2.10. The molecule has 5 heteroatoms. The Kier molecular flexibility index (Phi) is 5.23. The molecular formula is C16H22ClN3O. The van der Waals surface area contributed by atoms with Crippen molar-refractivity contribution in [3.8, 4) is 0 Å². The number of nitrogens with zero attached hydrogens (tertiary/aromatic N) is 3. The van der Waals surface area contributed by atoms with Crippen molar-refractivity contribution < 1.29 is 4.79 Å². The highest BCUT2D eigenvalue weighted by atomic mass is 35.5. The normalized spacial score (nSPS) is 11.0. The Hall–Kier alpha value is -1.55. The Bertz CT molecular complexity index is 636. The van der Waals surface area contributed by atoms with Crippen LogP contribution in [-0.2, 0) is 17.2 Å². The molecule has 0 aliphatic carbocycles. The first-order valence-electron chi connectivity index (χ1n) is 7.32. The highest BCUT2D eigenvalue weighted by molar-refractivity contribution is 6.16. The maximum Gasteiger partial charge on any atom is 0.242 e. The molecule has 0 N–H and O–H groups in total. The number of likely N-dealkylation sites (N-methyl/N-ethyl adjacent to an activating group) is 1. The zero-order valence-corrected chi connectivity index (χ0v) is 13.7. The van der Waals surface area contributed by atoms with E-state index in [2.05, 4.69) is 11.9 Å². The van der Waals surface area contributed by atoms with Crippen LogP contribution in [0.1, 0.15) is 31.2 Å². The first kappa shape index (κ1) is 15.8. The second-order valence-electron chi connectivity index (χ2n) is 5.41. The number of amides is 1. The van der Waals surface area contributed by atoms with Gasteiger partial charge in [0.15, 0.2) is 0 Å². The number of unbranched alkanes of at least 4 members (excludes halogenated alkanes) is 1. The third-order valence-corrected chi connectivity index (χ3v) is 3.91. The van der Waals surface area contributed by atoms with Gasteiger partial charge in [0.05, 0.1) is 16.9 Å². The number of hydrogen-bond acceptors (Lipinski definition) is 2. The summed E-state index contributed by atoms with van der Waals surface area (Å²) < 4.78 is 1.92. The number of benzene rings is 1. The molecule has 1 amide bonds. The summed E-state index contributed by atoms with van der Waals surface area (Å²) >= 11 is 5.98. The summed E-state index contributed by atoms with van der Waals surface area (Å²) in [5.74, 6) is 1.14. The highest BCUT2D eigenvalue weighted by Gasteiger charge is 2.15. The van der Waals surface area contributed by atoms with Crippen LogP contribution in [0.15, 0.2) is 18.2 Å². The van der Waals surface area contributed by atoms with Gasteiger partial charge in [-0.3, -0.25) is 4.79 Å². The lowest BCUT2D eigenvalue weighted by molar-refractivity contribution is -0.130. The Morgan fingerprint density at radius 1 is 1.43 bits per heavy atom. The topological polar surface area (TPSA) is 38.1 Å². The van der Waals surface area contributed by atoms with Crippen LogP contribution < -0.4 is 0 Å². The predicted molar refractivity (Wildman–Crippen MR) is 86.6 cm³/mol. The molecule has 2 rings (SSSR count). The Labute approximate surface area is 130 Å². The number of aromatic nitrogens is 2. The van der Waals surface area contributed by atoms with Crippen molar-refractivity contribution in [3.05, 3.63) is 29.6 Å². The number of alkyl halides is 1. The van der Waals surface area contributed by atoms with E-state index >= 15 is 0 Å². The molecular weight excluding hydrogens is 286 g/mol. The number of halogens is 1. The molecule has 1 heterocycles. The lowest BCUT2D eigenvalue weighted by Gasteiger charge is -2.18. The Balaban J connectivity index is 2.26. The molecule has 0 saturated carbocycles. The summed E-state index contributed by atoms with van der Waals surface area (Å²) in [5.41, 5.74) is 3.02. The van der Waals surface area contributed by atoms with Gasteiger partial charge in [0, 0.05) is 13.6 Å². The number of carbonyl (C=O) groups excluding carboxylic acids is 1. The fraction of sp³-hybridized carbons (Fsp3) is 0.500. The quantitative estimate of drug-likeness (QED) is 0.768. The van der Waals surface area contributed by atoms with Gasteiger partial charge >= 0.3 is 0 Å². The van der Waals surface area contributed by atoms with E-state index in [0.717, 1.165) is 41.8 Å². The fourth-order valence-corrected chi connectivity index (χ4v) is 2.55. The molecule has 0 fully saturated rings. The molecule has 0 saturated heterocycles. The third kappa shape index (κ3) is 3.56. The van der Waals surface area contributed by atoms with Crippen molar-refractivity contribution in [3.63, 3.8) is 0 Å². The van der Waals surface area contributed by atoms with Gasteiger partial charge in [-0.05, 0) is 31.0 Å². The van der Waals surface area contributed by atoms with Crippen LogP contribution in [0.4, 0.5) is 0 Å². The molecule has 114 valence electrons. The van der Waals surface area contributed by atoms with Crippen LogP contribution in [0.25, 0.3) is 11.0 Å². The van der Waals surface area contributed by atoms with Crippen molar-refractivity contribution in [2.24, 2.45) is 0 Å². The van der Waals surface area contributed by atoms with Gasteiger partial charge in [0.1, 0.15) is 12.4 Å². The van der Waals surface area contributed by atoms with Gasteiger partial charge in [-0.15, -0.1) is 11.6 Å². The summed E-state index contributed by atoms with van der Waals surface area (Å²) in [5, 5.41) is 0. The van der Waals surface area contributed by atoms with E-state index in [1.807, 2.05) is 36.7 Å². The minimum atomic E-state index is 0.0923. The van der Waals surface area contributed by atoms with Crippen molar-refractivity contribution in [1.29, 1.82) is 0 Å². The van der Waals surface area contributed by atoms with Gasteiger partial charge in [-0.25, -0.2) is 4.98 Å². The van der Waals surface area contributed by atoms with Gasteiger partial charge in [-0.2, -0.15) is 0 Å². The summed E-state index contributed by atoms with van der Waals surface area (Å²) in [6, 6.07) is 6.06. The van der Waals surface area contributed by atoms with E-state index in [-0.39, 0.29) is 5.91 Å². The SMILES string of the molecule is CCCCN(C)C(=O)Cn1c(CCl)nc2cc(C)ccc21. The van der Waals surface area contributed by atoms with Crippen LogP contribution >= 0.6 is 11.6 Å². The number of aryl methyl sites for hydroxylation is 1. The average molecular weight is 308 g/mol. The molecule has 1 aromatic heterocycles. The number of fused-ring (bicyclic) bond motifs is 1. The molecule has 0 bridgehead atoms. The summed E-state index contributed by atoms with van der Waals surface area (Å²) in [4.78, 5) is 18.6. The Morgan fingerprint density at radius 3 is 2.86 bits per heavy atom. The average Bonchev–Trinajstić information content (AvgIpc) is 2.81. The highest BCUT2D eigenvalue weighted by Crippen LogP contribution is 2.19. The minimum Gasteiger partial charge on any atom is -0.344 e. The van der Waals surface area contributed by atoms with E-state index in [0.29, 0.717) is 12.4 Å². The van der Waals surface area contributed by atoms with E-state index in [9.17, 15) is 4.79 Å². The van der Waals surface area contributed by atoms with Crippen LogP contribution in [-0.4, -0.2) is 34.0 Å². The maximum atomic E-state index is 12.3. The van der Waals surface area contributed by atoms with Crippen molar-refractivity contribution in [1.82, 2.24) is 14.5 Å². The number of rotatable bonds is 6. The lowest BCUT2D eigenvalue weighted by atomic mass is 10.2. The number of hydrogen-bond donors (Lipinski definition) is 0. The van der Waals surface area contributed by atoms with Crippen LogP contribution in [0.5, 0.6) is 0 Å². The van der Waals surface area contributed by atoms with Crippen LogP contribution in [0.3, 0.4) is 0 Å². The lowest BCUT2D eigenvalue weighted by Crippen LogP contribution is -2.31. The first-order chi connectivity index (χ1) is 10.1. The zero-order valence-electron chi connectivity index (χ0n) is 12.9. The van der Waals surface area contributed by atoms with Gasteiger partial charge in [0.2, 0.25) is 5.91 Å². The number of carbonyl (C=O) groups is 1. The van der Waals surface area contributed by atoms with E-state index < -0.39 is 0 Å². The molecule has 2 aromatic rings. The van der Waals surface area contributed by atoms with Crippen molar-refractivity contribution in [2.45, 2.75) is 39.1 Å². The largest absolute Gasteiger partial charge is 0.344 e. The fourth-order valence-electron chi connectivity index (χ4n) is 2.34. The van der Waals surface area contributed by atoms with Crippen LogP contribution in [0.2, 0.25) is 0 Å². The second-order valence-corrected chi connectivity index (χ2v) is 5.68. The monoisotopic (exact) mass is 307 g/mol. The molecule has 0 unspecified atom stereocenters. The minimum absolute atomic E-state index is 0.0923. The molecule has 4 nitrogen and oxygen atoms in total. The maximum absolute atomic E-state index is 12.3. The molecule has 0 radical (unpaired) electrons. The molecule has 0 spiro atoms. The van der Waals surface area contributed by atoms with Gasteiger partial charge in [-0.1, -0.05) is 19.4 Å². The van der Waals surface area contributed by atoms with E-state index in [1.54, 1.807) is 4.90 Å². The van der Waals surface area contributed by atoms with Crippen LogP contribution in [0, 0.1) is 6.92 Å². The molecule has 0 atom stereocenters. The summed E-state index contributed by atoms with van der Waals surface area (Å²) in [7, 11) is 1.85. The van der Waals surface area contributed by atoms with Gasteiger partial charge in [0.25, 0.3) is 0 Å². The van der Waals surface area contributed by atoms with Crippen molar-refractivity contribution in [2.75, 3.05) is 13.6 Å². The second kappa shape index (κ2) is 6.94. The first-order valence-corrected chi connectivity index (χ1v) is 7.86. The van der Waals surface area contributed by atoms with E-state index in [1.165, 1.54) is 0 Å². The van der Waals surface area contributed by atoms with E-state index in [4.69, 9.17) is 11.6 Å². The smallest absolute Gasteiger partial charge is 0.242 e. The zero-order chi connectivity index (χ0) is 15.4. The van der Waals surface area contributed by atoms with Gasteiger partial charge < -0.3 is 9.47 Å². The summed E-state index contributed by atoms with van der Waals surface area (Å²) in [6.45, 7) is 5.23. The molecule has 21 heavy (non-hydrogen) atoms. The van der Waals surface area contributed by atoms with Crippen molar-refractivity contribution >= 4 is 28.5 Å². The molecule has 0 aliphatic heterocycles. The molecule has 0 aliphatic rings. The standard InChI is InChI=1S/C16H22ClN3O/c1-4-5-8-19(3)16(21)11-20-14-7-6-12(2)9-13(14)18-15(20)10-17/h6-7,9H,4-5,8,10-11H2,1-3H3. The number of imidazole rings is 1.